The molecular weight excluding hydrogens is 274 g/mol. The Labute approximate surface area is 134 Å². The number of carbonyl (C=O) groups excluding carboxylic acids is 1. The van der Waals surface area contributed by atoms with Gasteiger partial charge in [-0.25, -0.2) is 0 Å². The number of piperidine rings is 1. The van der Waals surface area contributed by atoms with E-state index in [1.165, 1.54) is 6.42 Å². The summed E-state index contributed by atoms with van der Waals surface area (Å²) in [5.41, 5.74) is 1.03. The highest BCUT2D eigenvalue weighted by Crippen LogP contribution is 2.20. The van der Waals surface area contributed by atoms with Crippen molar-refractivity contribution in [2.45, 2.75) is 52.0 Å². The van der Waals surface area contributed by atoms with Crippen molar-refractivity contribution in [3.63, 3.8) is 0 Å². The van der Waals surface area contributed by atoms with E-state index < -0.39 is 0 Å². The molecule has 0 bridgehead atoms. The summed E-state index contributed by atoms with van der Waals surface area (Å²) in [6.07, 6.45) is 9.15. The van der Waals surface area contributed by atoms with Gasteiger partial charge in [-0.15, -0.1) is 0 Å². The summed E-state index contributed by atoms with van der Waals surface area (Å²) in [4.78, 5) is 14.4. The van der Waals surface area contributed by atoms with E-state index >= 15 is 0 Å². The average molecular weight is 301 g/mol. The highest BCUT2D eigenvalue weighted by molar-refractivity contribution is 5.92. The van der Waals surface area contributed by atoms with E-state index in [0.29, 0.717) is 6.04 Å². The van der Waals surface area contributed by atoms with Crippen molar-refractivity contribution in [2.24, 2.45) is 0 Å². The first-order valence-electron chi connectivity index (χ1n) is 8.46. The van der Waals surface area contributed by atoms with Gasteiger partial charge in [0.05, 0.1) is 6.61 Å². The van der Waals surface area contributed by atoms with E-state index in [-0.39, 0.29) is 5.91 Å². The fourth-order valence-corrected chi connectivity index (χ4v) is 2.87. The topological polar surface area (TPSA) is 29.5 Å². The van der Waals surface area contributed by atoms with Gasteiger partial charge in [0.1, 0.15) is 5.75 Å². The second-order valence-electron chi connectivity index (χ2n) is 5.84. The zero-order valence-corrected chi connectivity index (χ0v) is 13.8. The zero-order chi connectivity index (χ0) is 15.8. The minimum absolute atomic E-state index is 0.137. The lowest BCUT2D eigenvalue weighted by atomic mass is 10.00. The number of likely N-dealkylation sites (tertiary alicyclic amines) is 1. The van der Waals surface area contributed by atoms with Crippen LogP contribution < -0.4 is 4.74 Å². The molecule has 1 heterocycles. The number of carbonyl (C=O) groups is 1. The molecule has 1 aliphatic rings. The summed E-state index contributed by atoms with van der Waals surface area (Å²) in [7, 11) is 0. The first-order chi connectivity index (χ1) is 10.7. The van der Waals surface area contributed by atoms with Gasteiger partial charge in [0.15, 0.2) is 0 Å². The largest absolute Gasteiger partial charge is 0.494 e. The quantitative estimate of drug-likeness (QED) is 0.734. The van der Waals surface area contributed by atoms with Gasteiger partial charge in [-0.05, 0) is 55.9 Å². The fourth-order valence-electron chi connectivity index (χ4n) is 2.87. The lowest BCUT2D eigenvalue weighted by molar-refractivity contribution is -0.129. The molecule has 3 heteroatoms. The number of amides is 1. The Balaban J connectivity index is 1.93. The maximum Gasteiger partial charge on any atom is 0.246 e. The Kier molecular flexibility index (Phi) is 6.50. The molecule has 1 aliphatic heterocycles. The van der Waals surface area contributed by atoms with Crippen molar-refractivity contribution >= 4 is 12.0 Å². The van der Waals surface area contributed by atoms with Gasteiger partial charge >= 0.3 is 0 Å². The summed E-state index contributed by atoms with van der Waals surface area (Å²) in [6.45, 7) is 5.88. The standard InChI is InChI=1S/C19H27NO2/c1-3-15-22-18-11-8-16(9-12-18)10-13-19(21)20-14-6-5-7-17(20)4-2/h8-13,17H,3-7,14-15H2,1-2H3/b13-10+. The predicted molar refractivity (Wildman–Crippen MR) is 90.9 cm³/mol. The second kappa shape index (κ2) is 8.62. The molecule has 120 valence electrons. The van der Waals surface area contributed by atoms with E-state index in [4.69, 9.17) is 4.74 Å². The van der Waals surface area contributed by atoms with E-state index in [9.17, 15) is 4.79 Å². The van der Waals surface area contributed by atoms with E-state index in [0.717, 1.165) is 50.1 Å². The van der Waals surface area contributed by atoms with Crippen molar-refractivity contribution in [2.75, 3.05) is 13.2 Å². The van der Waals surface area contributed by atoms with Crippen LogP contribution in [0.2, 0.25) is 0 Å². The number of rotatable bonds is 6. The molecule has 1 aromatic carbocycles. The van der Waals surface area contributed by atoms with Crippen LogP contribution in [0.5, 0.6) is 5.75 Å². The zero-order valence-electron chi connectivity index (χ0n) is 13.8. The molecule has 22 heavy (non-hydrogen) atoms. The van der Waals surface area contributed by atoms with E-state index in [1.54, 1.807) is 6.08 Å². The van der Waals surface area contributed by atoms with E-state index in [2.05, 4.69) is 13.8 Å². The number of benzene rings is 1. The van der Waals surface area contributed by atoms with Gasteiger partial charge in [0.25, 0.3) is 0 Å². The van der Waals surface area contributed by atoms with Crippen molar-refractivity contribution in [3.8, 4) is 5.75 Å². The first kappa shape index (κ1) is 16.6. The predicted octanol–water partition coefficient (Wildman–Crippen LogP) is 4.28. The third-order valence-electron chi connectivity index (χ3n) is 4.15. The molecule has 0 aromatic heterocycles. The van der Waals surface area contributed by atoms with Crippen LogP contribution in [-0.4, -0.2) is 30.0 Å². The molecule has 1 atom stereocenters. The number of ether oxygens (including phenoxy) is 1. The molecule has 0 spiro atoms. The van der Waals surface area contributed by atoms with Gasteiger partial charge in [-0.3, -0.25) is 4.79 Å². The summed E-state index contributed by atoms with van der Waals surface area (Å²) in [5, 5.41) is 0. The number of hydrogen-bond donors (Lipinski definition) is 0. The van der Waals surface area contributed by atoms with Gasteiger partial charge in [-0.2, -0.15) is 0 Å². The molecule has 0 saturated carbocycles. The van der Waals surface area contributed by atoms with Crippen LogP contribution in [0.3, 0.4) is 0 Å². The smallest absolute Gasteiger partial charge is 0.246 e. The molecule has 1 saturated heterocycles. The van der Waals surface area contributed by atoms with Gasteiger partial charge in [-0.1, -0.05) is 26.0 Å². The molecule has 0 aliphatic carbocycles. The van der Waals surface area contributed by atoms with Crippen LogP contribution in [-0.2, 0) is 4.79 Å². The van der Waals surface area contributed by atoms with Crippen LogP contribution in [0.1, 0.15) is 51.5 Å². The van der Waals surface area contributed by atoms with Crippen LogP contribution in [0, 0.1) is 0 Å². The third kappa shape index (κ3) is 4.62. The second-order valence-corrected chi connectivity index (χ2v) is 5.84. The minimum Gasteiger partial charge on any atom is -0.494 e. The monoisotopic (exact) mass is 301 g/mol. The lowest BCUT2D eigenvalue weighted by Crippen LogP contribution is -2.42. The third-order valence-corrected chi connectivity index (χ3v) is 4.15. The molecule has 0 N–H and O–H groups in total. The highest BCUT2D eigenvalue weighted by Gasteiger charge is 2.23. The Hall–Kier alpha value is -1.77. The highest BCUT2D eigenvalue weighted by atomic mass is 16.5. The first-order valence-corrected chi connectivity index (χ1v) is 8.46. The summed E-state index contributed by atoms with van der Waals surface area (Å²) in [6, 6.07) is 8.30. The molecular formula is C19H27NO2. The minimum atomic E-state index is 0.137. The van der Waals surface area contributed by atoms with Crippen LogP contribution in [0.4, 0.5) is 0 Å². The Bertz CT molecular complexity index is 493. The van der Waals surface area contributed by atoms with Gasteiger partial charge in [0, 0.05) is 18.7 Å². The van der Waals surface area contributed by atoms with Crippen molar-refractivity contribution < 1.29 is 9.53 Å². The molecule has 3 nitrogen and oxygen atoms in total. The molecule has 0 radical (unpaired) electrons. The summed E-state index contributed by atoms with van der Waals surface area (Å²) >= 11 is 0. The molecule has 1 unspecified atom stereocenters. The molecule has 1 amide bonds. The lowest BCUT2D eigenvalue weighted by Gasteiger charge is -2.34. The Morgan fingerprint density at radius 2 is 2.05 bits per heavy atom. The Morgan fingerprint density at radius 1 is 1.27 bits per heavy atom. The maximum atomic E-state index is 12.4. The van der Waals surface area contributed by atoms with Gasteiger partial charge < -0.3 is 9.64 Å². The average Bonchev–Trinajstić information content (AvgIpc) is 2.58. The molecule has 2 rings (SSSR count). The van der Waals surface area contributed by atoms with Gasteiger partial charge in [0.2, 0.25) is 5.91 Å². The van der Waals surface area contributed by atoms with Crippen molar-refractivity contribution in [3.05, 3.63) is 35.9 Å². The SMILES string of the molecule is CCCOc1ccc(/C=C/C(=O)N2CCCCC2CC)cc1. The van der Waals surface area contributed by atoms with Crippen LogP contribution in [0.25, 0.3) is 6.08 Å². The fraction of sp³-hybridized carbons (Fsp3) is 0.526. The molecule has 1 aromatic rings. The molecule has 1 fully saturated rings. The van der Waals surface area contributed by atoms with E-state index in [1.807, 2.05) is 35.2 Å². The maximum absolute atomic E-state index is 12.4. The number of hydrogen-bond acceptors (Lipinski definition) is 2. The Morgan fingerprint density at radius 3 is 2.73 bits per heavy atom. The van der Waals surface area contributed by atoms with Crippen molar-refractivity contribution in [1.82, 2.24) is 4.90 Å². The van der Waals surface area contributed by atoms with Crippen LogP contribution >= 0.6 is 0 Å². The summed E-state index contributed by atoms with van der Waals surface area (Å²) < 4.78 is 5.56. The van der Waals surface area contributed by atoms with Crippen molar-refractivity contribution in [1.29, 1.82) is 0 Å². The normalized spacial score (nSPS) is 18.6. The number of nitrogens with zero attached hydrogens (tertiary/aromatic N) is 1. The summed E-state index contributed by atoms with van der Waals surface area (Å²) in [5.74, 6) is 1.02. The van der Waals surface area contributed by atoms with Crippen LogP contribution in [0.15, 0.2) is 30.3 Å².